The van der Waals surface area contributed by atoms with E-state index in [-0.39, 0.29) is 17.1 Å². The second-order valence-electron chi connectivity index (χ2n) is 12.8. The summed E-state index contributed by atoms with van der Waals surface area (Å²) in [6.45, 7) is -2.12. The Kier molecular flexibility index (Phi) is 10.8. The Bertz CT molecular complexity index is 1690. The molecule has 3 fully saturated rings. The minimum Gasteiger partial charge on any atom is -0.508 e. The normalized spacial score (nSPS) is 38.6. The first kappa shape index (κ1) is 38.1. The maximum Gasteiger partial charge on any atom is 0.216 e. The number of phenolic OH excluding ortho intramolecular Hbond substituents is 2. The molecule has 2 saturated heterocycles. The number of allylic oxidation sites excluding steroid dienone is 1. The lowest BCUT2D eigenvalue weighted by atomic mass is 9.54. The van der Waals surface area contributed by atoms with Crippen molar-refractivity contribution in [3.8, 4) is 11.5 Å². The van der Waals surface area contributed by atoms with Gasteiger partial charge in [-0.25, -0.2) is 0 Å². The van der Waals surface area contributed by atoms with E-state index in [2.05, 4.69) is 0 Å². The van der Waals surface area contributed by atoms with Crippen LogP contribution in [0.15, 0.2) is 65.9 Å². The van der Waals surface area contributed by atoms with Crippen LogP contribution in [0.5, 0.6) is 11.5 Å². The smallest absolute Gasteiger partial charge is 0.216 e. The molecule has 1 saturated carbocycles. The van der Waals surface area contributed by atoms with E-state index in [9.17, 15) is 70.9 Å². The van der Waals surface area contributed by atoms with Gasteiger partial charge in [0.25, 0.3) is 0 Å². The number of hydrogen-bond donors (Lipinski definition) is 12. The van der Waals surface area contributed by atoms with Gasteiger partial charge in [-0.05, 0) is 47.9 Å². The third-order valence-electron chi connectivity index (χ3n) is 9.64. The fraction of sp³-hybridized carbons (Fsp3) is 0.441. The maximum absolute atomic E-state index is 15.0. The van der Waals surface area contributed by atoms with Gasteiger partial charge in [-0.1, -0.05) is 30.3 Å². The van der Waals surface area contributed by atoms with Gasteiger partial charge in [-0.15, -0.1) is 0 Å². The number of ketones is 3. The topological polar surface area (TPSA) is 312 Å². The van der Waals surface area contributed by atoms with Crippen LogP contribution < -0.4 is 0 Å². The summed E-state index contributed by atoms with van der Waals surface area (Å²) in [4.78, 5) is 44.2. The van der Waals surface area contributed by atoms with E-state index in [4.69, 9.17) is 9.47 Å². The number of carbonyl (C=O) groups is 3. The highest BCUT2D eigenvalue weighted by atomic mass is 16.6. The van der Waals surface area contributed by atoms with Gasteiger partial charge >= 0.3 is 0 Å². The molecule has 1 aliphatic carbocycles. The first-order chi connectivity index (χ1) is 24.0. The van der Waals surface area contributed by atoms with Crippen LogP contribution in [0.2, 0.25) is 0 Å². The highest BCUT2D eigenvalue weighted by Gasteiger charge is 2.74. The van der Waals surface area contributed by atoms with Crippen molar-refractivity contribution in [3.63, 3.8) is 0 Å². The number of ether oxygens (including phenoxy) is 2. The number of aliphatic hydroxyl groups excluding tert-OH is 9. The number of rotatable bonds is 8. The zero-order valence-corrected chi connectivity index (χ0v) is 26.6. The van der Waals surface area contributed by atoms with Gasteiger partial charge in [0.2, 0.25) is 11.4 Å². The number of benzene rings is 2. The molecular weight excluding hydrogens is 680 g/mol. The zero-order valence-electron chi connectivity index (χ0n) is 26.6. The summed E-state index contributed by atoms with van der Waals surface area (Å²) in [5.74, 6) is -6.90. The Morgan fingerprint density at radius 3 is 1.65 bits per heavy atom. The monoisotopic (exact) mass is 718 g/mol. The SMILES string of the molecule is O=C1C(=C(O)C=Cc2ccc(O)cc2)C(=O)[C@](Cc2ccc(O)cc2)([C@H]2O[C@H](CO)[C@@H](O)[C@H](O)[C@H]2O)C(=O)[C@@]1(O)[C@H]1O[C@H](CO)[C@@H](O)[C@H](O)[C@H]1O. The van der Waals surface area contributed by atoms with Crippen LogP contribution in [0.25, 0.3) is 6.08 Å². The van der Waals surface area contributed by atoms with Crippen LogP contribution in [-0.4, -0.2) is 158 Å². The van der Waals surface area contributed by atoms with Gasteiger partial charge in [-0.2, -0.15) is 0 Å². The molecule has 0 aromatic heterocycles. The molecular formula is C34H38O17. The quantitative estimate of drug-likeness (QED) is 0.0541. The number of aliphatic hydroxyl groups is 10. The lowest BCUT2D eigenvalue weighted by Crippen LogP contribution is -2.78. The highest BCUT2D eigenvalue weighted by molar-refractivity contribution is 6.41. The first-order valence-corrected chi connectivity index (χ1v) is 15.7. The minimum atomic E-state index is -3.80. The molecule has 0 amide bonds. The van der Waals surface area contributed by atoms with Crippen LogP contribution in [0.1, 0.15) is 11.1 Å². The Hall–Kier alpha value is -4.11. The van der Waals surface area contributed by atoms with Crippen molar-refractivity contribution < 1.29 is 85.1 Å². The fourth-order valence-corrected chi connectivity index (χ4v) is 6.81. The van der Waals surface area contributed by atoms with E-state index in [1.807, 2.05) is 0 Å². The molecule has 5 rings (SSSR count). The average molecular weight is 719 g/mol. The van der Waals surface area contributed by atoms with Crippen molar-refractivity contribution in [2.24, 2.45) is 5.41 Å². The van der Waals surface area contributed by atoms with Gasteiger partial charge in [0, 0.05) is 0 Å². The Morgan fingerprint density at radius 1 is 0.667 bits per heavy atom. The second-order valence-corrected chi connectivity index (χ2v) is 12.8. The van der Waals surface area contributed by atoms with Crippen molar-refractivity contribution >= 4 is 23.4 Å². The van der Waals surface area contributed by atoms with E-state index in [0.717, 1.165) is 18.2 Å². The molecule has 17 heteroatoms. The third kappa shape index (κ3) is 6.36. The van der Waals surface area contributed by atoms with Crippen molar-refractivity contribution in [1.82, 2.24) is 0 Å². The summed E-state index contributed by atoms with van der Waals surface area (Å²) >= 11 is 0. The number of phenols is 2. The molecule has 12 N–H and O–H groups in total. The lowest BCUT2D eigenvalue weighted by Gasteiger charge is -2.54. The van der Waals surface area contributed by atoms with Crippen molar-refractivity contribution in [1.29, 1.82) is 0 Å². The van der Waals surface area contributed by atoms with Crippen LogP contribution in [0.4, 0.5) is 0 Å². The Labute approximate surface area is 288 Å². The summed E-state index contributed by atoms with van der Waals surface area (Å²) in [5.41, 5.74) is -7.93. The number of carbonyl (C=O) groups excluding carboxylic acids is 3. The average Bonchev–Trinajstić information content (AvgIpc) is 3.11. The molecule has 0 bridgehead atoms. The summed E-state index contributed by atoms with van der Waals surface area (Å²) in [6, 6.07) is 10.0. The number of hydrogen-bond acceptors (Lipinski definition) is 17. The Morgan fingerprint density at radius 2 is 1.14 bits per heavy atom. The molecule has 2 aromatic carbocycles. The molecule has 2 aromatic rings. The maximum atomic E-state index is 15.0. The first-order valence-electron chi connectivity index (χ1n) is 15.7. The predicted octanol–water partition coefficient (Wildman–Crippen LogP) is -3.71. The van der Waals surface area contributed by atoms with E-state index < -0.39 is 120 Å². The van der Waals surface area contributed by atoms with Gasteiger partial charge in [-0.3, -0.25) is 14.4 Å². The molecule has 12 atom stereocenters. The van der Waals surface area contributed by atoms with Gasteiger partial charge in [0.05, 0.1) is 13.2 Å². The number of aromatic hydroxyl groups is 2. The molecule has 2 heterocycles. The largest absolute Gasteiger partial charge is 0.508 e. The van der Waals surface area contributed by atoms with Crippen molar-refractivity contribution in [3.05, 3.63) is 77.1 Å². The van der Waals surface area contributed by atoms with Crippen LogP contribution in [-0.2, 0) is 30.3 Å². The molecule has 17 nitrogen and oxygen atoms in total. The van der Waals surface area contributed by atoms with Crippen LogP contribution in [0.3, 0.4) is 0 Å². The third-order valence-corrected chi connectivity index (χ3v) is 9.64. The van der Waals surface area contributed by atoms with E-state index in [1.165, 1.54) is 42.5 Å². The second kappa shape index (κ2) is 14.5. The zero-order chi connectivity index (χ0) is 37.6. The van der Waals surface area contributed by atoms with Crippen LogP contribution in [0, 0.1) is 5.41 Å². The van der Waals surface area contributed by atoms with Gasteiger partial charge in [0.1, 0.15) is 89.3 Å². The molecule has 0 radical (unpaired) electrons. The summed E-state index contributed by atoms with van der Waals surface area (Å²) in [6.07, 6.45) is -20.8. The minimum absolute atomic E-state index is 0.00423. The van der Waals surface area contributed by atoms with E-state index >= 15 is 4.79 Å². The number of Topliss-reactive ketones (excluding diaryl/α,β-unsaturated/α-hetero) is 3. The fourth-order valence-electron chi connectivity index (χ4n) is 6.81. The van der Waals surface area contributed by atoms with Gasteiger partial charge in [0.15, 0.2) is 11.6 Å². The van der Waals surface area contributed by atoms with Crippen LogP contribution >= 0.6 is 0 Å². The van der Waals surface area contributed by atoms with E-state index in [0.29, 0.717) is 5.56 Å². The predicted molar refractivity (Wildman–Crippen MR) is 169 cm³/mol. The molecule has 0 unspecified atom stereocenters. The Balaban J connectivity index is 1.81. The molecule has 0 spiro atoms. The van der Waals surface area contributed by atoms with Gasteiger partial charge < -0.3 is 70.8 Å². The summed E-state index contributed by atoms with van der Waals surface area (Å²) < 4.78 is 11.1. The molecule has 3 aliphatic rings. The lowest BCUT2D eigenvalue weighted by molar-refractivity contribution is -0.272. The summed E-state index contributed by atoms with van der Waals surface area (Å²) in [7, 11) is 0. The molecule has 51 heavy (non-hydrogen) atoms. The summed E-state index contributed by atoms with van der Waals surface area (Å²) in [5, 5.41) is 128. The molecule has 276 valence electrons. The molecule has 2 aliphatic heterocycles. The van der Waals surface area contributed by atoms with Crippen molar-refractivity contribution in [2.75, 3.05) is 13.2 Å². The standard InChI is InChI=1S/C34H38O17/c35-12-19-22(40)24(42)26(44)30(50-19)33(11-15-3-8-17(38)9-4-15)28(46)21(18(39)10-5-14-1-6-16(37)7-2-14)29(47)34(49,32(33)48)31-27(45)25(43)23(41)20(13-36)51-31/h1-10,19-20,22-27,30-31,35-45,49H,11-13H2/t19-,20-,22-,23-,24+,25+,26-,27-,30+,31+,33-,34+/m1/s1. The van der Waals surface area contributed by atoms with E-state index in [1.54, 1.807) is 0 Å². The van der Waals surface area contributed by atoms with Crippen molar-refractivity contribution in [2.45, 2.75) is 73.1 Å². The highest BCUT2D eigenvalue weighted by Crippen LogP contribution is 2.49.